The monoisotopic (exact) mass is 367 g/mol. The molecule has 142 valence electrons. The van der Waals surface area contributed by atoms with Crippen molar-refractivity contribution < 1.29 is 9.05 Å². The molecule has 0 amide bonds. The topological polar surface area (TPSA) is 71.4 Å². The zero-order valence-corrected chi connectivity index (χ0v) is 15.9. The third kappa shape index (κ3) is 4.43. The van der Waals surface area contributed by atoms with Crippen LogP contribution in [0.25, 0.3) is 11.4 Å². The molecule has 27 heavy (non-hydrogen) atoms. The van der Waals surface area contributed by atoms with Crippen LogP contribution in [0.3, 0.4) is 0 Å². The van der Waals surface area contributed by atoms with E-state index in [1.807, 2.05) is 13.0 Å². The Balaban J connectivity index is 1.29. The van der Waals surface area contributed by atoms with Gasteiger partial charge in [-0.05, 0) is 18.9 Å². The average molecular weight is 367 g/mol. The molecule has 1 fully saturated rings. The molecule has 3 aromatic rings. The molecule has 3 heterocycles. The van der Waals surface area contributed by atoms with E-state index < -0.39 is 0 Å². The van der Waals surface area contributed by atoms with Gasteiger partial charge in [-0.25, -0.2) is 0 Å². The summed E-state index contributed by atoms with van der Waals surface area (Å²) in [7, 11) is 0. The Morgan fingerprint density at radius 3 is 2.26 bits per heavy atom. The lowest BCUT2D eigenvalue weighted by Crippen LogP contribution is -2.45. The molecule has 7 heteroatoms. The normalized spacial score (nSPS) is 16.1. The van der Waals surface area contributed by atoms with Crippen LogP contribution < -0.4 is 0 Å². The fourth-order valence-corrected chi connectivity index (χ4v) is 3.34. The third-order valence-electron chi connectivity index (χ3n) is 4.97. The van der Waals surface area contributed by atoms with Gasteiger partial charge in [0.25, 0.3) is 0 Å². The van der Waals surface area contributed by atoms with Crippen molar-refractivity contribution in [3.63, 3.8) is 0 Å². The first kappa shape index (κ1) is 17.9. The van der Waals surface area contributed by atoms with Crippen LogP contribution in [0.4, 0.5) is 0 Å². The molecule has 1 aromatic carbocycles. The van der Waals surface area contributed by atoms with Gasteiger partial charge in [0.2, 0.25) is 11.7 Å². The molecule has 4 rings (SSSR count). The maximum absolute atomic E-state index is 5.46. The summed E-state index contributed by atoms with van der Waals surface area (Å²) in [6, 6.07) is 10.3. The molecule has 2 aromatic heterocycles. The number of aryl methyl sites for hydroxylation is 2. The lowest BCUT2D eigenvalue weighted by molar-refractivity contribution is 0.110. The highest BCUT2D eigenvalue weighted by atomic mass is 16.5. The number of piperazine rings is 1. The summed E-state index contributed by atoms with van der Waals surface area (Å²) in [6.07, 6.45) is 1.03. The van der Waals surface area contributed by atoms with Crippen LogP contribution in [0.15, 0.2) is 39.4 Å². The van der Waals surface area contributed by atoms with Gasteiger partial charge in [-0.2, -0.15) is 4.98 Å². The molecule has 1 saturated heterocycles. The highest BCUT2D eigenvalue weighted by Gasteiger charge is 2.20. The largest absolute Gasteiger partial charge is 0.361 e. The number of hydrogen-bond donors (Lipinski definition) is 0. The standard InChI is InChI=1S/C20H25N5O2/c1-3-16-4-6-17(7-5-16)20-21-19(27-23-20)14-25-10-8-24(9-11-25)13-18-12-15(2)26-22-18/h4-7,12H,3,8-11,13-14H2,1-2H3. The van der Waals surface area contributed by atoms with Crippen molar-refractivity contribution in [3.8, 4) is 11.4 Å². The number of aromatic nitrogens is 3. The van der Waals surface area contributed by atoms with E-state index in [4.69, 9.17) is 9.05 Å². The van der Waals surface area contributed by atoms with Crippen LogP contribution >= 0.6 is 0 Å². The van der Waals surface area contributed by atoms with Crippen LogP contribution in [-0.4, -0.2) is 51.3 Å². The predicted molar refractivity (Wildman–Crippen MR) is 101 cm³/mol. The van der Waals surface area contributed by atoms with Crippen LogP contribution in [0.2, 0.25) is 0 Å². The van der Waals surface area contributed by atoms with E-state index >= 15 is 0 Å². The van der Waals surface area contributed by atoms with Crippen molar-refractivity contribution in [2.75, 3.05) is 26.2 Å². The van der Waals surface area contributed by atoms with Gasteiger partial charge in [-0.15, -0.1) is 0 Å². The molecular formula is C20H25N5O2. The Kier molecular flexibility index (Phi) is 5.31. The minimum Gasteiger partial charge on any atom is -0.361 e. The summed E-state index contributed by atoms with van der Waals surface area (Å²) in [5.74, 6) is 2.19. The van der Waals surface area contributed by atoms with Crippen molar-refractivity contribution in [1.29, 1.82) is 0 Å². The fraction of sp³-hybridized carbons (Fsp3) is 0.450. The molecule has 1 aliphatic heterocycles. The van der Waals surface area contributed by atoms with Gasteiger partial charge in [0.1, 0.15) is 5.76 Å². The van der Waals surface area contributed by atoms with Gasteiger partial charge < -0.3 is 9.05 Å². The lowest BCUT2D eigenvalue weighted by Gasteiger charge is -2.33. The maximum Gasteiger partial charge on any atom is 0.241 e. The first-order chi connectivity index (χ1) is 13.2. The molecular weight excluding hydrogens is 342 g/mol. The molecule has 0 saturated carbocycles. The van der Waals surface area contributed by atoms with Crippen molar-refractivity contribution in [1.82, 2.24) is 25.1 Å². The second-order valence-electron chi connectivity index (χ2n) is 7.04. The second kappa shape index (κ2) is 8.02. The van der Waals surface area contributed by atoms with Crippen LogP contribution in [0.5, 0.6) is 0 Å². The zero-order valence-electron chi connectivity index (χ0n) is 15.9. The van der Waals surface area contributed by atoms with E-state index in [-0.39, 0.29) is 0 Å². The summed E-state index contributed by atoms with van der Waals surface area (Å²) in [4.78, 5) is 9.30. The summed E-state index contributed by atoms with van der Waals surface area (Å²) in [5.41, 5.74) is 3.30. The quantitative estimate of drug-likeness (QED) is 0.663. The highest BCUT2D eigenvalue weighted by Crippen LogP contribution is 2.18. The molecule has 0 bridgehead atoms. The molecule has 0 atom stereocenters. The summed E-state index contributed by atoms with van der Waals surface area (Å²) < 4.78 is 10.6. The minimum atomic E-state index is 0.660. The summed E-state index contributed by atoms with van der Waals surface area (Å²) >= 11 is 0. The first-order valence-corrected chi connectivity index (χ1v) is 9.48. The van der Waals surface area contributed by atoms with Crippen molar-refractivity contribution in [2.24, 2.45) is 0 Å². The Hall–Kier alpha value is -2.51. The Bertz CT molecular complexity index is 863. The number of benzene rings is 1. The summed E-state index contributed by atoms with van der Waals surface area (Å²) in [6.45, 7) is 9.52. The predicted octanol–water partition coefficient (Wildman–Crippen LogP) is 2.91. The van der Waals surface area contributed by atoms with Gasteiger partial charge in [-0.3, -0.25) is 9.80 Å². The molecule has 0 spiro atoms. The van der Waals surface area contributed by atoms with Crippen molar-refractivity contribution in [2.45, 2.75) is 33.4 Å². The van der Waals surface area contributed by atoms with E-state index in [1.54, 1.807) is 0 Å². The Labute approximate surface area is 158 Å². The Morgan fingerprint density at radius 2 is 1.63 bits per heavy atom. The molecule has 0 aliphatic carbocycles. The smallest absolute Gasteiger partial charge is 0.241 e. The van der Waals surface area contributed by atoms with Gasteiger partial charge in [0, 0.05) is 44.4 Å². The van der Waals surface area contributed by atoms with Crippen molar-refractivity contribution >= 4 is 0 Å². The van der Waals surface area contributed by atoms with Gasteiger partial charge in [0.05, 0.1) is 12.2 Å². The average Bonchev–Trinajstić information content (AvgIpc) is 3.32. The van der Waals surface area contributed by atoms with E-state index in [0.717, 1.165) is 56.2 Å². The SMILES string of the molecule is CCc1ccc(-c2noc(CN3CCN(Cc4cc(C)on4)CC3)n2)cc1. The number of rotatable bonds is 6. The minimum absolute atomic E-state index is 0.660. The molecule has 0 N–H and O–H groups in total. The molecule has 0 unspecified atom stereocenters. The zero-order chi connectivity index (χ0) is 18.6. The van der Waals surface area contributed by atoms with Crippen molar-refractivity contribution in [3.05, 3.63) is 53.2 Å². The second-order valence-corrected chi connectivity index (χ2v) is 7.04. The van der Waals surface area contributed by atoms with E-state index in [9.17, 15) is 0 Å². The van der Waals surface area contributed by atoms with E-state index in [1.165, 1.54) is 5.56 Å². The number of hydrogen-bond acceptors (Lipinski definition) is 7. The molecule has 0 radical (unpaired) electrons. The lowest BCUT2D eigenvalue weighted by atomic mass is 10.1. The van der Waals surface area contributed by atoms with Gasteiger partial charge in [-0.1, -0.05) is 41.5 Å². The number of nitrogens with zero attached hydrogens (tertiary/aromatic N) is 5. The van der Waals surface area contributed by atoms with Crippen LogP contribution in [0.1, 0.15) is 29.8 Å². The van der Waals surface area contributed by atoms with E-state index in [0.29, 0.717) is 18.3 Å². The van der Waals surface area contributed by atoms with Crippen LogP contribution in [0, 0.1) is 6.92 Å². The first-order valence-electron chi connectivity index (χ1n) is 9.48. The third-order valence-corrected chi connectivity index (χ3v) is 4.97. The fourth-order valence-electron chi connectivity index (χ4n) is 3.34. The molecule has 7 nitrogen and oxygen atoms in total. The molecule has 1 aliphatic rings. The maximum atomic E-state index is 5.46. The van der Waals surface area contributed by atoms with Gasteiger partial charge in [0.15, 0.2) is 0 Å². The van der Waals surface area contributed by atoms with E-state index in [2.05, 4.69) is 56.3 Å². The van der Waals surface area contributed by atoms with Gasteiger partial charge >= 0.3 is 0 Å². The summed E-state index contributed by atoms with van der Waals surface area (Å²) in [5, 5.41) is 8.21. The Morgan fingerprint density at radius 1 is 0.926 bits per heavy atom. The highest BCUT2D eigenvalue weighted by molar-refractivity contribution is 5.54. The van der Waals surface area contributed by atoms with Crippen LogP contribution in [-0.2, 0) is 19.5 Å².